The second-order valence-electron chi connectivity index (χ2n) is 5.07. The van der Waals surface area contributed by atoms with Crippen LogP contribution in [0.15, 0.2) is 63.7 Å². The summed E-state index contributed by atoms with van der Waals surface area (Å²) < 4.78 is 22.7. The van der Waals surface area contributed by atoms with Gasteiger partial charge in [-0.15, -0.1) is 10.2 Å². The van der Waals surface area contributed by atoms with E-state index in [-0.39, 0.29) is 21.6 Å². The molecule has 0 spiro atoms. The number of benzene rings is 2. The van der Waals surface area contributed by atoms with Crippen LogP contribution in [-0.4, -0.2) is 23.6 Å². The SMILES string of the molecule is NS(=O)(=O)c1cccc(NC(=S)N=Nc2c(O)[nH]c3ccccc23)c1. The third-order valence-electron chi connectivity index (χ3n) is 3.31. The second-order valence-corrected chi connectivity index (χ2v) is 7.02. The van der Waals surface area contributed by atoms with Gasteiger partial charge in [-0.2, -0.15) is 0 Å². The molecular weight excluding hydrogens is 362 g/mol. The van der Waals surface area contributed by atoms with Crippen molar-refractivity contribution in [1.29, 1.82) is 0 Å². The monoisotopic (exact) mass is 375 g/mol. The maximum Gasteiger partial charge on any atom is 0.238 e. The van der Waals surface area contributed by atoms with Gasteiger partial charge in [0.2, 0.25) is 21.0 Å². The van der Waals surface area contributed by atoms with E-state index in [2.05, 4.69) is 20.5 Å². The fraction of sp³-hybridized carbons (Fsp3) is 0. The van der Waals surface area contributed by atoms with E-state index in [4.69, 9.17) is 17.4 Å². The first-order chi connectivity index (χ1) is 11.8. The first-order valence-electron chi connectivity index (χ1n) is 7.00. The molecule has 5 N–H and O–H groups in total. The zero-order valence-electron chi connectivity index (χ0n) is 12.7. The molecule has 0 aliphatic heterocycles. The van der Waals surface area contributed by atoms with Crippen LogP contribution in [0.4, 0.5) is 11.4 Å². The second kappa shape index (κ2) is 6.59. The highest BCUT2D eigenvalue weighted by molar-refractivity contribution is 7.89. The number of aromatic nitrogens is 1. The van der Waals surface area contributed by atoms with Crippen LogP contribution < -0.4 is 10.5 Å². The fourth-order valence-electron chi connectivity index (χ4n) is 2.21. The summed E-state index contributed by atoms with van der Waals surface area (Å²) in [5.74, 6) is -0.121. The topological polar surface area (TPSA) is 133 Å². The van der Waals surface area contributed by atoms with Gasteiger partial charge in [0.05, 0.1) is 10.4 Å². The number of aromatic amines is 1. The summed E-state index contributed by atoms with van der Waals surface area (Å²) in [5, 5.41) is 26.2. The number of nitrogens with zero attached hydrogens (tertiary/aromatic N) is 2. The van der Waals surface area contributed by atoms with Crippen LogP contribution in [0.3, 0.4) is 0 Å². The third kappa shape index (κ3) is 3.82. The Morgan fingerprint density at radius 1 is 1.20 bits per heavy atom. The molecule has 2 aromatic carbocycles. The van der Waals surface area contributed by atoms with Crippen LogP contribution in [0.2, 0.25) is 0 Å². The molecule has 0 aliphatic rings. The van der Waals surface area contributed by atoms with Crippen molar-refractivity contribution >= 4 is 49.6 Å². The Morgan fingerprint density at radius 3 is 2.72 bits per heavy atom. The van der Waals surface area contributed by atoms with Gasteiger partial charge in [0.15, 0.2) is 5.69 Å². The van der Waals surface area contributed by atoms with Crippen LogP contribution in [-0.2, 0) is 10.0 Å². The van der Waals surface area contributed by atoms with E-state index in [0.717, 1.165) is 0 Å². The van der Waals surface area contributed by atoms with Crippen LogP contribution in [0.25, 0.3) is 10.9 Å². The van der Waals surface area contributed by atoms with Crippen molar-refractivity contribution in [2.45, 2.75) is 4.90 Å². The largest absolute Gasteiger partial charge is 0.493 e. The van der Waals surface area contributed by atoms with Crippen LogP contribution >= 0.6 is 12.2 Å². The molecule has 3 aromatic rings. The van der Waals surface area contributed by atoms with E-state index in [1.165, 1.54) is 18.2 Å². The van der Waals surface area contributed by atoms with Crippen molar-refractivity contribution in [2.24, 2.45) is 15.4 Å². The van der Waals surface area contributed by atoms with Crippen LogP contribution in [0, 0.1) is 0 Å². The summed E-state index contributed by atoms with van der Waals surface area (Å²) in [4.78, 5) is 2.73. The Hall–Kier alpha value is -2.82. The number of H-pyrrole nitrogens is 1. The van der Waals surface area contributed by atoms with Gasteiger partial charge in [-0.25, -0.2) is 13.6 Å². The molecule has 0 saturated heterocycles. The average Bonchev–Trinajstić information content (AvgIpc) is 2.87. The number of para-hydroxylation sites is 1. The molecule has 0 unspecified atom stereocenters. The van der Waals surface area contributed by atoms with Crippen molar-refractivity contribution < 1.29 is 13.5 Å². The molecule has 1 aromatic heterocycles. The van der Waals surface area contributed by atoms with Crippen LogP contribution in [0.5, 0.6) is 5.88 Å². The average molecular weight is 375 g/mol. The summed E-state index contributed by atoms with van der Waals surface area (Å²) in [5.41, 5.74) is 1.38. The lowest BCUT2D eigenvalue weighted by atomic mass is 10.2. The first kappa shape index (κ1) is 17.0. The Bertz CT molecular complexity index is 1090. The van der Waals surface area contributed by atoms with Gasteiger partial charge >= 0.3 is 0 Å². The lowest BCUT2D eigenvalue weighted by molar-refractivity contribution is 0.459. The highest BCUT2D eigenvalue weighted by Gasteiger charge is 2.10. The number of nitrogens with one attached hydrogen (secondary N) is 2. The summed E-state index contributed by atoms with van der Waals surface area (Å²) in [6.45, 7) is 0. The minimum atomic E-state index is -3.81. The molecule has 0 bridgehead atoms. The molecule has 10 heteroatoms. The van der Waals surface area contributed by atoms with Gasteiger partial charge in [0, 0.05) is 11.1 Å². The van der Waals surface area contributed by atoms with Gasteiger partial charge in [0.25, 0.3) is 0 Å². The van der Waals surface area contributed by atoms with E-state index in [9.17, 15) is 13.5 Å². The summed E-state index contributed by atoms with van der Waals surface area (Å²) in [7, 11) is -3.81. The minimum absolute atomic E-state index is 0.00347. The number of nitrogens with two attached hydrogens (primary N) is 1. The molecular formula is C15H13N5O3S2. The Kier molecular flexibility index (Phi) is 4.49. The molecule has 0 saturated carbocycles. The maximum atomic E-state index is 11.4. The number of hydrogen-bond acceptors (Lipinski definition) is 5. The number of rotatable bonds is 3. The Morgan fingerprint density at radius 2 is 1.96 bits per heavy atom. The van der Waals surface area contributed by atoms with Gasteiger partial charge < -0.3 is 15.4 Å². The smallest absolute Gasteiger partial charge is 0.238 e. The molecule has 128 valence electrons. The molecule has 0 atom stereocenters. The Labute approximate surface area is 148 Å². The van der Waals surface area contributed by atoms with Gasteiger partial charge in [-0.1, -0.05) is 24.3 Å². The molecule has 3 rings (SSSR count). The van der Waals surface area contributed by atoms with E-state index in [0.29, 0.717) is 16.6 Å². The molecule has 0 radical (unpaired) electrons. The van der Waals surface area contributed by atoms with Crippen molar-refractivity contribution in [3.8, 4) is 5.88 Å². The molecule has 0 fully saturated rings. The highest BCUT2D eigenvalue weighted by Crippen LogP contribution is 2.35. The quantitative estimate of drug-likeness (QED) is 0.412. The first-order valence-corrected chi connectivity index (χ1v) is 8.95. The Balaban J connectivity index is 1.81. The maximum absolute atomic E-state index is 11.4. The normalized spacial score (nSPS) is 11.9. The van der Waals surface area contributed by atoms with E-state index < -0.39 is 10.0 Å². The number of aromatic hydroxyl groups is 1. The molecule has 8 nitrogen and oxygen atoms in total. The van der Waals surface area contributed by atoms with Crippen molar-refractivity contribution in [3.63, 3.8) is 0 Å². The number of hydrogen-bond donors (Lipinski definition) is 4. The molecule has 25 heavy (non-hydrogen) atoms. The summed E-state index contributed by atoms with van der Waals surface area (Å²) in [6, 6.07) is 13.0. The number of primary sulfonamides is 1. The number of thiocarbonyl (C=S) groups is 1. The molecule has 0 aliphatic carbocycles. The predicted molar refractivity (Wildman–Crippen MR) is 98.5 cm³/mol. The van der Waals surface area contributed by atoms with Gasteiger partial charge in [-0.05, 0) is 36.5 Å². The third-order valence-corrected chi connectivity index (χ3v) is 4.41. The van der Waals surface area contributed by atoms with Crippen molar-refractivity contribution in [2.75, 3.05) is 5.32 Å². The lowest BCUT2D eigenvalue weighted by Crippen LogP contribution is -2.13. The minimum Gasteiger partial charge on any atom is -0.493 e. The standard InChI is InChI=1S/C15H13N5O3S2/c16-25(22,23)10-5-3-4-9(8-10)17-15(24)20-19-13-11-6-1-2-7-12(11)18-14(13)21/h1-8,18,21H,(H,17,24)(H2,16,22,23). The fourth-order valence-corrected chi connectivity index (χ4v) is 2.93. The van der Waals surface area contributed by atoms with Gasteiger partial charge in [-0.3, -0.25) is 0 Å². The number of fused-ring (bicyclic) bond motifs is 1. The van der Waals surface area contributed by atoms with E-state index >= 15 is 0 Å². The number of anilines is 1. The number of azo groups is 1. The lowest BCUT2D eigenvalue weighted by Gasteiger charge is -2.05. The molecule has 1 heterocycles. The van der Waals surface area contributed by atoms with E-state index in [1.807, 2.05) is 12.1 Å². The van der Waals surface area contributed by atoms with Crippen molar-refractivity contribution in [1.82, 2.24) is 4.98 Å². The number of sulfonamides is 1. The van der Waals surface area contributed by atoms with Crippen LogP contribution in [0.1, 0.15) is 0 Å². The summed E-state index contributed by atoms with van der Waals surface area (Å²) in [6.07, 6.45) is 0. The van der Waals surface area contributed by atoms with Crippen molar-refractivity contribution in [3.05, 3.63) is 48.5 Å². The predicted octanol–water partition coefficient (Wildman–Crippen LogP) is 3.00. The van der Waals surface area contributed by atoms with E-state index in [1.54, 1.807) is 18.2 Å². The zero-order valence-corrected chi connectivity index (χ0v) is 14.3. The zero-order chi connectivity index (χ0) is 18.0. The highest BCUT2D eigenvalue weighted by atomic mass is 32.2. The molecule has 0 amide bonds. The van der Waals surface area contributed by atoms with Gasteiger partial charge in [0.1, 0.15) is 0 Å². The summed E-state index contributed by atoms with van der Waals surface area (Å²) >= 11 is 5.07.